The van der Waals surface area contributed by atoms with Crippen LogP contribution in [0.15, 0.2) is 97.1 Å². The van der Waals surface area contributed by atoms with E-state index in [-0.39, 0.29) is 0 Å². The van der Waals surface area contributed by atoms with Crippen LogP contribution in [-0.4, -0.2) is 0 Å². The van der Waals surface area contributed by atoms with Crippen LogP contribution >= 0.6 is 23.2 Å². The van der Waals surface area contributed by atoms with Gasteiger partial charge < -0.3 is 0 Å². The van der Waals surface area contributed by atoms with Gasteiger partial charge >= 0.3 is 0 Å². The maximum atomic E-state index is 6.45. The van der Waals surface area contributed by atoms with Crippen molar-refractivity contribution in [3.8, 4) is 33.4 Å². The largest absolute Gasteiger partial charge is 0.0837 e. The predicted molar refractivity (Wildman–Crippen MR) is 113 cm³/mol. The summed E-state index contributed by atoms with van der Waals surface area (Å²) < 4.78 is 0. The molecule has 4 aromatic carbocycles. The van der Waals surface area contributed by atoms with Gasteiger partial charge in [-0.3, -0.25) is 0 Å². The van der Waals surface area contributed by atoms with Gasteiger partial charge in [0, 0.05) is 21.2 Å². The normalized spacial score (nSPS) is 10.7. The smallest absolute Gasteiger partial charge is 0.0484 e. The van der Waals surface area contributed by atoms with E-state index in [1.807, 2.05) is 60.7 Å². The monoisotopic (exact) mass is 374 g/mol. The molecule has 4 rings (SSSR count). The molecule has 2 heteroatoms. The molecule has 126 valence electrons. The van der Waals surface area contributed by atoms with Crippen LogP contribution in [0.3, 0.4) is 0 Å². The van der Waals surface area contributed by atoms with Crippen LogP contribution < -0.4 is 0 Å². The Labute approximate surface area is 163 Å². The standard InChI is InChI=1S/C24H16Cl2/c25-23-13-11-19(15-21(23)17-7-3-1-4-8-17)20-12-14-24(26)22(16-20)18-9-5-2-6-10-18/h1-16H. The second-order valence-electron chi connectivity index (χ2n) is 6.12. The fourth-order valence-electron chi connectivity index (χ4n) is 3.09. The molecular weight excluding hydrogens is 359 g/mol. The molecule has 0 fully saturated rings. The van der Waals surface area contributed by atoms with Crippen molar-refractivity contribution in [1.82, 2.24) is 0 Å². The average Bonchev–Trinajstić information content (AvgIpc) is 2.70. The van der Waals surface area contributed by atoms with Gasteiger partial charge in [0.05, 0.1) is 0 Å². The second kappa shape index (κ2) is 7.37. The van der Waals surface area contributed by atoms with E-state index in [0.29, 0.717) is 0 Å². The lowest BCUT2D eigenvalue weighted by Gasteiger charge is -2.11. The van der Waals surface area contributed by atoms with E-state index in [2.05, 4.69) is 36.4 Å². The molecule has 0 aliphatic carbocycles. The van der Waals surface area contributed by atoms with E-state index in [4.69, 9.17) is 23.2 Å². The van der Waals surface area contributed by atoms with Crippen LogP contribution in [0.25, 0.3) is 33.4 Å². The lowest BCUT2D eigenvalue weighted by molar-refractivity contribution is 1.57. The second-order valence-corrected chi connectivity index (χ2v) is 6.94. The van der Waals surface area contributed by atoms with Crippen LogP contribution in [0.2, 0.25) is 10.0 Å². The molecule has 26 heavy (non-hydrogen) atoms. The van der Waals surface area contributed by atoms with Crippen LogP contribution in [0.1, 0.15) is 0 Å². The first kappa shape index (κ1) is 16.9. The Hall–Kier alpha value is -2.54. The van der Waals surface area contributed by atoms with Gasteiger partial charge in [-0.25, -0.2) is 0 Å². The molecule has 0 amide bonds. The van der Waals surface area contributed by atoms with Crippen molar-refractivity contribution >= 4 is 23.2 Å². The minimum atomic E-state index is 0.747. The zero-order valence-electron chi connectivity index (χ0n) is 14.0. The first-order valence-electron chi connectivity index (χ1n) is 8.43. The van der Waals surface area contributed by atoms with Crippen molar-refractivity contribution in [1.29, 1.82) is 0 Å². The van der Waals surface area contributed by atoms with E-state index >= 15 is 0 Å². The van der Waals surface area contributed by atoms with Crippen LogP contribution in [-0.2, 0) is 0 Å². The summed E-state index contributed by atoms with van der Waals surface area (Å²) >= 11 is 12.9. The third-order valence-corrected chi connectivity index (χ3v) is 5.09. The molecule has 0 atom stereocenters. The van der Waals surface area contributed by atoms with Crippen molar-refractivity contribution in [3.63, 3.8) is 0 Å². The Balaban J connectivity index is 1.82. The molecule has 0 heterocycles. The molecule has 0 aliphatic rings. The highest BCUT2D eigenvalue weighted by Gasteiger charge is 2.09. The summed E-state index contributed by atoms with van der Waals surface area (Å²) in [6, 6.07) is 32.7. The van der Waals surface area contributed by atoms with Gasteiger partial charge in [-0.1, -0.05) is 96.0 Å². The van der Waals surface area contributed by atoms with Gasteiger partial charge in [0.15, 0.2) is 0 Å². The van der Waals surface area contributed by atoms with Crippen molar-refractivity contribution in [2.24, 2.45) is 0 Å². The molecule has 0 N–H and O–H groups in total. The Morgan fingerprint density at radius 2 is 0.769 bits per heavy atom. The molecule has 0 unspecified atom stereocenters. The summed E-state index contributed by atoms with van der Waals surface area (Å²) in [6.07, 6.45) is 0. The summed E-state index contributed by atoms with van der Waals surface area (Å²) in [6.45, 7) is 0. The van der Waals surface area contributed by atoms with E-state index in [1.165, 1.54) is 0 Å². The Morgan fingerprint density at radius 1 is 0.385 bits per heavy atom. The fraction of sp³-hybridized carbons (Fsp3) is 0. The molecule has 0 aliphatic heterocycles. The fourth-order valence-corrected chi connectivity index (χ4v) is 3.54. The lowest BCUT2D eigenvalue weighted by Crippen LogP contribution is -1.85. The number of hydrogen-bond donors (Lipinski definition) is 0. The zero-order valence-corrected chi connectivity index (χ0v) is 15.5. The maximum absolute atomic E-state index is 6.45. The maximum Gasteiger partial charge on any atom is 0.0484 e. The first-order valence-corrected chi connectivity index (χ1v) is 9.18. The Morgan fingerprint density at radius 3 is 1.15 bits per heavy atom. The third kappa shape index (κ3) is 3.39. The molecule has 0 radical (unpaired) electrons. The highest BCUT2D eigenvalue weighted by molar-refractivity contribution is 6.34. The number of halogens is 2. The van der Waals surface area contributed by atoms with E-state index in [1.54, 1.807) is 0 Å². The van der Waals surface area contributed by atoms with E-state index in [0.717, 1.165) is 43.4 Å². The molecular formula is C24H16Cl2. The molecule has 0 saturated heterocycles. The van der Waals surface area contributed by atoms with Gasteiger partial charge in [0.2, 0.25) is 0 Å². The van der Waals surface area contributed by atoms with Gasteiger partial charge in [-0.2, -0.15) is 0 Å². The highest BCUT2D eigenvalue weighted by Crippen LogP contribution is 2.36. The minimum absolute atomic E-state index is 0.747. The summed E-state index contributed by atoms with van der Waals surface area (Å²) in [7, 11) is 0. The minimum Gasteiger partial charge on any atom is -0.0837 e. The predicted octanol–water partition coefficient (Wildman–Crippen LogP) is 7.99. The zero-order chi connectivity index (χ0) is 17.9. The molecule has 0 saturated carbocycles. The Kier molecular flexibility index (Phi) is 4.79. The first-order chi connectivity index (χ1) is 12.7. The summed E-state index contributed by atoms with van der Waals surface area (Å²) in [5.74, 6) is 0. The quantitative estimate of drug-likeness (QED) is 0.340. The third-order valence-electron chi connectivity index (χ3n) is 4.44. The van der Waals surface area contributed by atoms with Gasteiger partial charge in [0.25, 0.3) is 0 Å². The molecule has 0 bridgehead atoms. The summed E-state index contributed by atoms with van der Waals surface area (Å²) in [5.41, 5.74) is 6.50. The summed E-state index contributed by atoms with van der Waals surface area (Å²) in [4.78, 5) is 0. The van der Waals surface area contributed by atoms with Crippen LogP contribution in [0.5, 0.6) is 0 Å². The van der Waals surface area contributed by atoms with Crippen LogP contribution in [0, 0.1) is 0 Å². The number of hydrogen-bond acceptors (Lipinski definition) is 0. The summed E-state index contributed by atoms with van der Waals surface area (Å²) in [5, 5.41) is 1.49. The molecule has 0 spiro atoms. The highest BCUT2D eigenvalue weighted by atomic mass is 35.5. The van der Waals surface area contributed by atoms with Gasteiger partial charge in [-0.15, -0.1) is 0 Å². The lowest BCUT2D eigenvalue weighted by atomic mass is 9.96. The number of benzene rings is 4. The molecule has 0 aromatic heterocycles. The van der Waals surface area contributed by atoms with E-state index < -0.39 is 0 Å². The van der Waals surface area contributed by atoms with E-state index in [9.17, 15) is 0 Å². The van der Waals surface area contributed by atoms with Crippen molar-refractivity contribution < 1.29 is 0 Å². The van der Waals surface area contributed by atoms with Gasteiger partial charge in [0.1, 0.15) is 0 Å². The van der Waals surface area contributed by atoms with Crippen molar-refractivity contribution in [3.05, 3.63) is 107 Å². The molecule has 4 aromatic rings. The van der Waals surface area contributed by atoms with Crippen molar-refractivity contribution in [2.45, 2.75) is 0 Å². The SMILES string of the molecule is Clc1ccc(-c2ccc(Cl)c(-c3ccccc3)c2)cc1-c1ccccc1. The number of rotatable bonds is 3. The van der Waals surface area contributed by atoms with Crippen LogP contribution in [0.4, 0.5) is 0 Å². The van der Waals surface area contributed by atoms with Crippen molar-refractivity contribution in [2.75, 3.05) is 0 Å². The average molecular weight is 375 g/mol. The topological polar surface area (TPSA) is 0 Å². The Bertz CT molecular complexity index is 951. The molecule has 0 nitrogen and oxygen atoms in total. The van der Waals surface area contributed by atoms with Gasteiger partial charge in [-0.05, 0) is 46.5 Å².